The molecule has 1 aromatic heterocycles. The molecule has 0 aliphatic heterocycles. The van der Waals surface area contributed by atoms with E-state index in [1.807, 2.05) is 35.1 Å². The molecule has 1 aromatic carbocycles. The third-order valence-electron chi connectivity index (χ3n) is 2.18. The minimum Gasteiger partial charge on any atom is -0.270 e. The summed E-state index contributed by atoms with van der Waals surface area (Å²) in [5.74, 6) is 0. The molecule has 0 aliphatic carbocycles. The largest absolute Gasteiger partial charge is 0.270 e. The molecule has 2 aromatic rings. The van der Waals surface area contributed by atoms with Crippen molar-refractivity contribution in [3.05, 3.63) is 42.7 Å². The number of aromatic nitrogens is 2. The van der Waals surface area contributed by atoms with E-state index in [1.54, 1.807) is 0 Å². The standard InChI is InChI=1S/C12H13N2/c1-10(2)14-9-12(8-13-14)11-6-4-3-5-7-11/h4-10H,1-2H3. The van der Waals surface area contributed by atoms with E-state index in [9.17, 15) is 0 Å². The molecule has 0 unspecified atom stereocenters. The molecule has 0 saturated heterocycles. The molecule has 0 aliphatic rings. The Morgan fingerprint density at radius 1 is 1.21 bits per heavy atom. The Morgan fingerprint density at radius 2 is 1.93 bits per heavy atom. The van der Waals surface area contributed by atoms with Gasteiger partial charge < -0.3 is 0 Å². The number of benzene rings is 1. The summed E-state index contributed by atoms with van der Waals surface area (Å²) in [6.07, 6.45) is 3.97. The summed E-state index contributed by atoms with van der Waals surface area (Å²) in [6.45, 7) is 4.24. The lowest BCUT2D eigenvalue weighted by Crippen LogP contribution is -1.99. The Bertz CT molecular complexity index is 401. The summed E-state index contributed by atoms with van der Waals surface area (Å²) >= 11 is 0. The Morgan fingerprint density at radius 3 is 2.50 bits per heavy atom. The van der Waals surface area contributed by atoms with Crippen LogP contribution in [0.5, 0.6) is 0 Å². The number of nitrogens with zero attached hydrogens (tertiary/aromatic N) is 2. The van der Waals surface area contributed by atoms with Crippen LogP contribution in [0, 0.1) is 6.07 Å². The minimum atomic E-state index is 0.416. The van der Waals surface area contributed by atoms with Crippen molar-refractivity contribution >= 4 is 0 Å². The van der Waals surface area contributed by atoms with E-state index in [-0.39, 0.29) is 0 Å². The fourth-order valence-corrected chi connectivity index (χ4v) is 1.35. The molecule has 2 heteroatoms. The van der Waals surface area contributed by atoms with Gasteiger partial charge in [0.15, 0.2) is 0 Å². The van der Waals surface area contributed by atoms with Gasteiger partial charge >= 0.3 is 0 Å². The predicted octanol–water partition coefficient (Wildman–Crippen LogP) is 2.93. The molecule has 1 radical (unpaired) electrons. The van der Waals surface area contributed by atoms with Crippen molar-refractivity contribution < 1.29 is 0 Å². The molecular weight excluding hydrogens is 172 g/mol. The van der Waals surface area contributed by atoms with Crippen LogP contribution in [-0.2, 0) is 0 Å². The fraction of sp³-hybridized carbons (Fsp3) is 0.250. The Balaban J connectivity index is 2.34. The van der Waals surface area contributed by atoms with E-state index < -0.39 is 0 Å². The highest BCUT2D eigenvalue weighted by molar-refractivity contribution is 5.61. The lowest BCUT2D eigenvalue weighted by molar-refractivity contribution is 0.532. The van der Waals surface area contributed by atoms with Crippen molar-refractivity contribution in [2.75, 3.05) is 0 Å². The molecule has 2 rings (SSSR count). The second-order valence-corrected chi connectivity index (χ2v) is 3.59. The van der Waals surface area contributed by atoms with E-state index in [2.05, 4.69) is 31.2 Å². The van der Waals surface area contributed by atoms with Gasteiger partial charge in [0.25, 0.3) is 0 Å². The van der Waals surface area contributed by atoms with Crippen molar-refractivity contribution in [2.45, 2.75) is 19.9 Å². The Kier molecular flexibility index (Phi) is 2.35. The van der Waals surface area contributed by atoms with E-state index in [1.165, 1.54) is 5.56 Å². The van der Waals surface area contributed by atoms with Crippen LogP contribution in [0.3, 0.4) is 0 Å². The van der Waals surface area contributed by atoms with Gasteiger partial charge in [-0.2, -0.15) is 5.10 Å². The van der Waals surface area contributed by atoms with Gasteiger partial charge in [0.1, 0.15) is 0 Å². The highest BCUT2D eigenvalue weighted by Gasteiger charge is 2.02. The normalized spacial score (nSPS) is 10.8. The van der Waals surface area contributed by atoms with Gasteiger partial charge in [-0.25, -0.2) is 0 Å². The number of hydrogen-bond donors (Lipinski definition) is 0. The fourth-order valence-electron chi connectivity index (χ4n) is 1.35. The SMILES string of the molecule is CC(C)n1cc(-c2cc[c]cc2)cn1. The second kappa shape index (κ2) is 3.66. The molecule has 0 fully saturated rings. The smallest absolute Gasteiger partial charge is 0.0568 e. The zero-order chi connectivity index (χ0) is 9.97. The average Bonchev–Trinajstić information content (AvgIpc) is 2.68. The molecule has 0 bridgehead atoms. The van der Waals surface area contributed by atoms with Gasteiger partial charge in [-0.15, -0.1) is 0 Å². The molecule has 2 nitrogen and oxygen atoms in total. The number of rotatable bonds is 2. The first-order valence-electron chi connectivity index (χ1n) is 4.78. The highest BCUT2D eigenvalue weighted by atomic mass is 15.3. The third-order valence-corrected chi connectivity index (χ3v) is 2.18. The van der Waals surface area contributed by atoms with Crippen LogP contribution in [0.4, 0.5) is 0 Å². The van der Waals surface area contributed by atoms with E-state index in [0.29, 0.717) is 6.04 Å². The average molecular weight is 185 g/mol. The zero-order valence-corrected chi connectivity index (χ0v) is 8.44. The molecule has 0 N–H and O–H groups in total. The van der Waals surface area contributed by atoms with Crippen molar-refractivity contribution in [2.24, 2.45) is 0 Å². The van der Waals surface area contributed by atoms with Crippen molar-refractivity contribution in [1.82, 2.24) is 9.78 Å². The first-order valence-corrected chi connectivity index (χ1v) is 4.78. The van der Waals surface area contributed by atoms with E-state index in [0.717, 1.165) is 5.56 Å². The van der Waals surface area contributed by atoms with Gasteiger partial charge in [-0.3, -0.25) is 4.68 Å². The van der Waals surface area contributed by atoms with Gasteiger partial charge in [-0.1, -0.05) is 24.3 Å². The zero-order valence-electron chi connectivity index (χ0n) is 8.44. The van der Waals surface area contributed by atoms with Crippen molar-refractivity contribution in [1.29, 1.82) is 0 Å². The molecule has 0 atom stereocenters. The van der Waals surface area contributed by atoms with Gasteiger partial charge in [0.2, 0.25) is 0 Å². The van der Waals surface area contributed by atoms with E-state index in [4.69, 9.17) is 0 Å². The summed E-state index contributed by atoms with van der Waals surface area (Å²) in [5, 5.41) is 4.30. The maximum atomic E-state index is 4.30. The Hall–Kier alpha value is -1.57. The summed E-state index contributed by atoms with van der Waals surface area (Å²) in [6, 6.07) is 11.3. The summed E-state index contributed by atoms with van der Waals surface area (Å²) < 4.78 is 1.96. The lowest BCUT2D eigenvalue weighted by atomic mass is 10.1. The van der Waals surface area contributed by atoms with Crippen LogP contribution in [0.2, 0.25) is 0 Å². The second-order valence-electron chi connectivity index (χ2n) is 3.59. The predicted molar refractivity (Wildman–Crippen MR) is 56.9 cm³/mol. The van der Waals surface area contributed by atoms with Crippen LogP contribution in [0.25, 0.3) is 11.1 Å². The molecule has 14 heavy (non-hydrogen) atoms. The van der Waals surface area contributed by atoms with Crippen LogP contribution in [-0.4, -0.2) is 9.78 Å². The maximum absolute atomic E-state index is 4.30. The van der Waals surface area contributed by atoms with Gasteiger partial charge in [0.05, 0.1) is 6.20 Å². The van der Waals surface area contributed by atoms with Crippen LogP contribution in [0.1, 0.15) is 19.9 Å². The van der Waals surface area contributed by atoms with Crippen LogP contribution < -0.4 is 0 Å². The first kappa shape index (κ1) is 9.00. The molecule has 1 heterocycles. The van der Waals surface area contributed by atoms with Crippen LogP contribution in [0.15, 0.2) is 36.7 Å². The van der Waals surface area contributed by atoms with Gasteiger partial charge in [0, 0.05) is 17.8 Å². The molecule has 71 valence electrons. The maximum Gasteiger partial charge on any atom is 0.0568 e. The van der Waals surface area contributed by atoms with Crippen LogP contribution >= 0.6 is 0 Å². The van der Waals surface area contributed by atoms with Gasteiger partial charge in [-0.05, 0) is 25.5 Å². The minimum absolute atomic E-state index is 0.416. The summed E-state index contributed by atoms with van der Waals surface area (Å²) in [4.78, 5) is 0. The third kappa shape index (κ3) is 1.69. The monoisotopic (exact) mass is 185 g/mol. The molecule has 0 amide bonds. The Labute approximate surface area is 84.2 Å². The first-order chi connectivity index (χ1) is 6.77. The quantitative estimate of drug-likeness (QED) is 0.703. The topological polar surface area (TPSA) is 17.8 Å². The molecular formula is C12H13N2. The molecule has 0 saturated carbocycles. The van der Waals surface area contributed by atoms with E-state index >= 15 is 0 Å². The summed E-state index contributed by atoms with van der Waals surface area (Å²) in [7, 11) is 0. The van der Waals surface area contributed by atoms with Crippen molar-refractivity contribution in [3.8, 4) is 11.1 Å². The lowest BCUT2D eigenvalue weighted by Gasteiger charge is -2.02. The van der Waals surface area contributed by atoms with Crippen molar-refractivity contribution in [3.63, 3.8) is 0 Å². The summed E-state index contributed by atoms with van der Waals surface area (Å²) in [5.41, 5.74) is 2.35. The number of hydrogen-bond acceptors (Lipinski definition) is 1. The highest BCUT2D eigenvalue weighted by Crippen LogP contribution is 2.18. The molecule has 0 spiro atoms.